The average molecular weight is 205 g/mol. The number of amides is 1. The molecular formula is C6H19N7O. The second kappa shape index (κ2) is 3.42. The van der Waals surface area contributed by atoms with E-state index in [1.807, 2.05) is 0 Å². The van der Waals surface area contributed by atoms with Crippen molar-refractivity contribution in [3.63, 3.8) is 0 Å². The molecule has 0 saturated heterocycles. The fraction of sp³-hybridized carbons (Fsp3) is 0.833. The molecule has 0 spiro atoms. The van der Waals surface area contributed by atoms with Gasteiger partial charge >= 0.3 is 0 Å². The van der Waals surface area contributed by atoms with Crippen LogP contribution in [0.3, 0.4) is 0 Å². The molecule has 0 aliphatic carbocycles. The Morgan fingerprint density at radius 3 is 1.64 bits per heavy atom. The molecule has 8 nitrogen and oxygen atoms in total. The quantitative estimate of drug-likeness (QED) is 0.225. The van der Waals surface area contributed by atoms with Crippen molar-refractivity contribution in [1.82, 2.24) is 0 Å². The Morgan fingerprint density at radius 2 is 1.43 bits per heavy atom. The van der Waals surface area contributed by atoms with Gasteiger partial charge in [-0.2, -0.15) is 0 Å². The third kappa shape index (κ3) is 1.71. The van der Waals surface area contributed by atoms with Crippen molar-refractivity contribution in [3.8, 4) is 0 Å². The first kappa shape index (κ1) is 13.2. The first-order valence-electron chi connectivity index (χ1n) is 4.04. The molecule has 84 valence electrons. The number of nitrogens with two attached hydrogens (primary N) is 7. The summed E-state index contributed by atoms with van der Waals surface area (Å²) >= 11 is 0. The Morgan fingerprint density at radius 1 is 1.07 bits per heavy atom. The van der Waals surface area contributed by atoms with Gasteiger partial charge in [0.05, 0.1) is 5.66 Å². The monoisotopic (exact) mass is 205 g/mol. The highest BCUT2D eigenvalue weighted by Gasteiger charge is 2.55. The summed E-state index contributed by atoms with van der Waals surface area (Å²) in [6, 6.07) is 0. The molecule has 0 saturated carbocycles. The largest absolute Gasteiger partial charge is 0.367 e. The minimum absolute atomic E-state index is 0.184. The lowest BCUT2D eigenvalue weighted by atomic mass is 9.82. The van der Waals surface area contributed by atoms with E-state index in [2.05, 4.69) is 0 Å². The average Bonchev–Trinajstić information content (AvgIpc) is 2.03. The lowest BCUT2D eigenvalue weighted by Gasteiger charge is -2.47. The fourth-order valence-corrected chi connectivity index (χ4v) is 0.881. The normalized spacial score (nSPS) is 14.2. The van der Waals surface area contributed by atoms with E-state index in [0.717, 1.165) is 0 Å². The molecule has 0 atom stereocenters. The Bertz CT molecular complexity index is 234. The van der Waals surface area contributed by atoms with Gasteiger partial charge in [-0.25, -0.2) is 0 Å². The molecular weight excluding hydrogens is 186 g/mol. The highest BCUT2D eigenvalue weighted by molar-refractivity contribution is 5.85. The first-order valence-corrected chi connectivity index (χ1v) is 4.04. The number of carbonyl (C=O) groups excluding carboxylic acids is 1. The minimum Gasteiger partial charge on any atom is -0.367 e. The van der Waals surface area contributed by atoms with Crippen LogP contribution in [0.2, 0.25) is 0 Å². The second-order valence-electron chi connectivity index (χ2n) is 3.50. The van der Waals surface area contributed by atoms with Gasteiger partial charge in [-0.15, -0.1) is 0 Å². The molecule has 14 N–H and O–H groups in total. The van der Waals surface area contributed by atoms with Crippen LogP contribution in [0.1, 0.15) is 13.3 Å². The van der Waals surface area contributed by atoms with Gasteiger partial charge in [-0.3, -0.25) is 4.79 Å². The smallest absolute Gasteiger partial charge is 0.255 e. The van der Waals surface area contributed by atoms with Crippen LogP contribution in [-0.4, -0.2) is 22.9 Å². The molecule has 0 aromatic carbocycles. The number of carbonyl (C=O) groups is 1. The van der Waals surface area contributed by atoms with Crippen molar-refractivity contribution in [2.75, 3.05) is 0 Å². The maximum atomic E-state index is 10.9. The van der Waals surface area contributed by atoms with Gasteiger partial charge in [0.15, 0.2) is 5.66 Å². The molecule has 0 aliphatic heterocycles. The van der Waals surface area contributed by atoms with Gasteiger partial charge in [0.2, 0.25) is 0 Å². The number of primary amides is 1. The van der Waals surface area contributed by atoms with Crippen LogP contribution in [0.25, 0.3) is 0 Å². The molecule has 0 radical (unpaired) electrons. The van der Waals surface area contributed by atoms with Gasteiger partial charge < -0.3 is 40.1 Å². The van der Waals surface area contributed by atoms with E-state index >= 15 is 0 Å². The summed E-state index contributed by atoms with van der Waals surface area (Å²) in [5, 5.41) is 0. The molecule has 0 rings (SSSR count). The number of hydrogen-bond acceptors (Lipinski definition) is 7. The van der Waals surface area contributed by atoms with Crippen molar-refractivity contribution in [1.29, 1.82) is 0 Å². The molecule has 0 fully saturated rings. The van der Waals surface area contributed by atoms with Crippen LogP contribution >= 0.6 is 0 Å². The van der Waals surface area contributed by atoms with Crippen molar-refractivity contribution in [3.05, 3.63) is 0 Å². The standard InChI is InChI=1S/C6H19N7O/c1-2-4(8,9)6(12,13)5(10,11)3(7)14/h2,8-13H2,1H3,(H2,7,14). The Hall–Kier alpha value is -0.770. The predicted octanol–water partition coefficient (Wildman–Crippen LogP) is -4.28. The van der Waals surface area contributed by atoms with E-state index in [-0.39, 0.29) is 6.42 Å². The van der Waals surface area contributed by atoms with E-state index in [1.54, 1.807) is 6.92 Å². The Kier molecular flexibility index (Phi) is 3.23. The zero-order valence-electron chi connectivity index (χ0n) is 8.16. The Labute approximate surface area is 82.1 Å². The summed E-state index contributed by atoms with van der Waals surface area (Å²) in [5.74, 6) is -1.07. The van der Waals surface area contributed by atoms with E-state index in [0.29, 0.717) is 0 Å². The first-order chi connectivity index (χ1) is 6.00. The highest BCUT2D eigenvalue weighted by atomic mass is 16.2. The van der Waals surface area contributed by atoms with Gasteiger partial charge in [-0.05, 0) is 6.42 Å². The second-order valence-corrected chi connectivity index (χ2v) is 3.50. The highest BCUT2D eigenvalue weighted by Crippen LogP contribution is 2.17. The number of hydrogen-bond donors (Lipinski definition) is 7. The molecule has 0 unspecified atom stereocenters. The van der Waals surface area contributed by atoms with Crippen molar-refractivity contribution in [2.24, 2.45) is 40.1 Å². The molecule has 14 heavy (non-hydrogen) atoms. The molecule has 0 aliphatic rings. The van der Waals surface area contributed by atoms with Gasteiger partial charge in [0.25, 0.3) is 5.91 Å². The zero-order valence-corrected chi connectivity index (χ0v) is 8.16. The predicted molar refractivity (Wildman–Crippen MR) is 52.8 cm³/mol. The Balaban J connectivity index is 5.24. The van der Waals surface area contributed by atoms with Gasteiger partial charge in [0, 0.05) is 0 Å². The van der Waals surface area contributed by atoms with Crippen LogP contribution < -0.4 is 40.1 Å². The third-order valence-corrected chi connectivity index (χ3v) is 2.45. The summed E-state index contributed by atoms with van der Waals surface area (Å²) in [6.07, 6.45) is 0.184. The lowest BCUT2D eigenvalue weighted by molar-refractivity contribution is -0.127. The fourth-order valence-electron chi connectivity index (χ4n) is 0.881. The van der Waals surface area contributed by atoms with E-state index in [4.69, 9.17) is 40.1 Å². The van der Waals surface area contributed by atoms with Crippen LogP contribution in [-0.2, 0) is 4.79 Å². The lowest BCUT2D eigenvalue weighted by Crippen LogP contribution is -2.91. The minimum atomic E-state index is -2.17. The van der Waals surface area contributed by atoms with E-state index in [1.165, 1.54) is 0 Å². The maximum Gasteiger partial charge on any atom is 0.255 e. The molecule has 8 heteroatoms. The van der Waals surface area contributed by atoms with E-state index in [9.17, 15) is 4.79 Å². The summed E-state index contributed by atoms with van der Waals surface area (Å²) < 4.78 is 0. The molecule has 0 heterocycles. The van der Waals surface area contributed by atoms with E-state index < -0.39 is 22.9 Å². The molecule has 0 aromatic heterocycles. The maximum absolute atomic E-state index is 10.9. The number of rotatable bonds is 4. The van der Waals surface area contributed by atoms with Crippen LogP contribution in [0.4, 0.5) is 0 Å². The van der Waals surface area contributed by atoms with Crippen LogP contribution in [0.15, 0.2) is 0 Å². The third-order valence-electron chi connectivity index (χ3n) is 2.45. The summed E-state index contributed by atoms with van der Waals surface area (Å²) in [7, 11) is 0. The summed E-state index contributed by atoms with van der Waals surface area (Å²) in [4.78, 5) is 10.9. The molecule has 0 aromatic rings. The van der Waals surface area contributed by atoms with Crippen LogP contribution in [0, 0.1) is 0 Å². The van der Waals surface area contributed by atoms with Crippen molar-refractivity contribution < 1.29 is 4.79 Å². The van der Waals surface area contributed by atoms with Crippen molar-refractivity contribution >= 4 is 5.91 Å². The van der Waals surface area contributed by atoms with Crippen molar-refractivity contribution in [2.45, 2.75) is 30.3 Å². The van der Waals surface area contributed by atoms with Gasteiger partial charge in [-0.1, -0.05) is 6.92 Å². The zero-order chi connectivity index (χ0) is 11.8. The molecule has 1 amide bonds. The topological polar surface area (TPSA) is 199 Å². The summed E-state index contributed by atoms with van der Waals surface area (Å²) in [5.41, 5.74) is 32.2. The molecule has 0 bridgehead atoms. The summed E-state index contributed by atoms with van der Waals surface area (Å²) in [6.45, 7) is 1.63. The van der Waals surface area contributed by atoms with Gasteiger partial charge in [0.1, 0.15) is 5.66 Å². The van der Waals surface area contributed by atoms with Crippen LogP contribution in [0.5, 0.6) is 0 Å². The SMILES string of the molecule is CCC(N)(N)C(N)(N)C(N)(N)C(N)=O.